The Bertz CT molecular complexity index is 886. The van der Waals surface area contributed by atoms with Crippen LogP contribution in [0.4, 0.5) is 8.78 Å². The Morgan fingerprint density at radius 1 is 1.10 bits per heavy atom. The number of allylic oxidation sites excluding steroid dienone is 1. The summed E-state index contributed by atoms with van der Waals surface area (Å²) in [4.78, 5) is 12.3. The van der Waals surface area contributed by atoms with Crippen LogP contribution in [0.3, 0.4) is 0 Å². The van der Waals surface area contributed by atoms with E-state index in [1.807, 2.05) is 6.07 Å². The number of ether oxygens (including phenoxy) is 3. The molecule has 1 aliphatic rings. The molecule has 0 radical (unpaired) electrons. The quantitative estimate of drug-likeness (QED) is 0.539. The van der Waals surface area contributed by atoms with Crippen LogP contribution in [-0.4, -0.2) is 24.3 Å². The molecule has 3 rings (SSSR count). The Balaban J connectivity index is 1.67. The predicted octanol–water partition coefficient (Wildman–Crippen LogP) is 5.06. The minimum atomic E-state index is -1.01. The van der Waals surface area contributed by atoms with Crippen LogP contribution in [-0.2, 0) is 16.1 Å². The second kappa shape index (κ2) is 9.41. The first-order valence-corrected chi connectivity index (χ1v) is 9.29. The average molecular weight is 404 g/mol. The summed E-state index contributed by atoms with van der Waals surface area (Å²) in [6.45, 7) is -0.0204. The van der Waals surface area contributed by atoms with E-state index < -0.39 is 17.6 Å². The molecule has 7 heteroatoms. The third-order valence-corrected chi connectivity index (χ3v) is 4.78. The highest BCUT2D eigenvalue weighted by Crippen LogP contribution is 2.31. The van der Waals surface area contributed by atoms with Crippen molar-refractivity contribution in [3.05, 3.63) is 76.7 Å². The van der Waals surface area contributed by atoms with Gasteiger partial charge in [-0.2, -0.15) is 0 Å². The molecule has 1 saturated carbocycles. The summed E-state index contributed by atoms with van der Waals surface area (Å²) in [7, 11) is 1.39. The van der Waals surface area contributed by atoms with Gasteiger partial charge in [0.05, 0.1) is 18.8 Å². The van der Waals surface area contributed by atoms with Gasteiger partial charge in [0.15, 0.2) is 11.6 Å². The van der Waals surface area contributed by atoms with E-state index in [1.54, 1.807) is 24.3 Å². The van der Waals surface area contributed by atoms with Crippen molar-refractivity contribution >= 4 is 5.97 Å². The maximum absolute atomic E-state index is 14.2. The van der Waals surface area contributed by atoms with Gasteiger partial charge in [-0.05, 0) is 31.2 Å². The van der Waals surface area contributed by atoms with E-state index in [1.165, 1.54) is 7.11 Å². The number of esters is 1. The van der Waals surface area contributed by atoms with Crippen LogP contribution in [0.25, 0.3) is 0 Å². The van der Waals surface area contributed by atoms with Gasteiger partial charge >= 0.3 is 5.97 Å². The van der Waals surface area contributed by atoms with Crippen molar-refractivity contribution in [3.8, 4) is 5.75 Å². The first kappa shape index (κ1) is 20.6. The lowest BCUT2D eigenvalue weighted by atomic mass is 9.93. The molecule has 29 heavy (non-hydrogen) atoms. The van der Waals surface area contributed by atoms with E-state index in [-0.39, 0.29) is 30.0 Å². The molecule has 0 saturated heterocycles. The summed E-state index contributed by atoms with van der Waals surface area (Å²) in [5.41, 5.74) is 1.15. The third-order valence-electron chi connectivity index (χ3n) is 4.78. The van der Waals surface area contributed by atoms with Crippen LogP contribution < -0.4 is 4.74 Å². The minimum absolute atomic E-state index is 0.0204. The molecule has 1 N–H and O–H groups in total. The molecule has 1 aliphatic carbocycles. The van der Waals surface area contributed by atoms with Gasteiger partial charge in [-0.1, -0.05) is 30.3 Å². The molecule has 2 aromatic carbocycles. The van der Waals surface area contributed by atoms with Crippen LogP contribution in [0.15, 0.2) is 54.0 Å². The van der Waals surface area contributed by atoms with Gasteiger partial charge in [0.25, 0.3) is 5.95 Å². The number of benzene rings is 2. The third kappa shape index (κ3) is 5.25. The number of aliphatic hydroxyl groups is 1. The number of carbonyl (C=O) groups excluding carboxylic acids is 1. The molecule has 2 aromatic rings. The van der Waals surface area contributed by atoms with Crippen molar-refractivity contribution in [2.75, 3.05) is 7.11 Å². The molecule has 0 aliphatic heterocycles. The zero-order valence-corrected chi connectivity index (χ0v) is 16.0. The first-order valence-electron chi connectivity index (χ1n) is 9.29. The highest BCUT2D eigenvalue weighted by atomic mass is 19.1. The molecule has 0 amide bonds. The van der Waals surface area contributed by atoms with E-state index in [9.17, 15) is 18.7 Å². The molecule has 0 atom stereocenters. The fourth-order valence-corrected chi connectivity index (χ4v) is 3.17. The van der Waals surface area contributed by atoms with Crippen molar-refractivity contribution in [2.45, 2.75) is 38.4 Å². The lowest BCUT2D eigenvalue weighted by molar-refractivity contribution is 0.0465. The zero-order valence-electron chi connectivity index (χ0n) is 16.0. The van der Waals surface area contributed by atoms with Crippen LogP contribution >= 0.6 is 0 Å². The Kier molecular flexibility index (Phi) is 6.69. The van der Waals surface area contributed by atoms with E-state index in [0.29, 0.717) is 31.7 Å². The van der Waals surface area contributed by atoms with Crippen LogP contribution in [0.1, 0.15) is 41.6 Å². The predicted molar refractivity (Wildman–Crippen MR) is 101 cm³/mol. The minimum Gasteiger partial charge on any atom is -0.487 e. The number of carbonyl (C=O) groups is 1. The Hall–Kier alpha value is -3.09. The Morgan fingerprint density at radius 2 is 1.79 bits per heavy atom. The van der Waals surface area contributed by atoms with Gasteiger partial charge in [0.1, 0.15) is 12.4 Å². The van der Waals surface area contributed by atoms with Gasteiger partial charge in [0, 0.05) is 17.7 Å². The first-order chi connectivity index (χ1) is 14.0. The number of halogens is 2. The number of hydrogen-bond donors (Lipinski definition) is 1. The number of aliphatic hydroxyl groups excluding tert-OH is 1. The molecule has 0 aromatic heterocycles. The Labute approximate surface area is 167 Å². The van der Waals surface area contributed by atoms with Crippen LogP contribution in [0, 0.1) is 11.6 Å². The smallest absolute Gasteiger partial charge is 0.341 e. The molecular weight excluding hydrogens is 382 g/mol. The summed E-state index contributed by atoms with van der Waals surface area (Å²) >= 11 is 0. The second-order valence-corrected chi connectivity index (χ2v) is 6.75. The van der Waals surface area contributed by atoms with Crippen molar-refractivity contribution < 1.29 is 32.9 Å². The van der Waals surface area contributed by atoms with Crippen LogP contribution in [0.5, 0.6) is 5.75 Å². The van der Waals surface area contributed by atoms with Gasteiger partial charge < -0.3 is 19.3 Å². The normalized spacial score (nSPS) is 16.2. The van der Waals surface area contributed by atoms with Crippen molar-refractivity contribution in [1.29, 1.82) is 0 Å². The summed E-state index contributed by atoms with van der Waals surface area (Å²) in [5.74, 6) is -3.09. The van der Waals surface area contributed by atoms with Crippen molar-refractivity contribution in [2.24, 2.45) is 0 Å². The summed E-state index contributed by atoms with van der Waals surface area (Å²) in [6.07, 6.45) is 1.83. The highest BCUT2D eigenvalue weighted by molar-refractivity contribution is 5.90. The summed E-state index contributed by atoms with van der Waals surface area (Å²) in [6, 6.07) is 10.6. The molecule has 0 unspecified atom stereocenters. The molecule has 5 nitrogen and oxygen atoms in total. The fourth-order valence-electron chi connectivity index (χ4n) is 3.17. The summed E-state index contributed by atoms with van der Waals surface area (Å²) in [5, 5.41) is 9.63. The molecule has 0 bridgehead atoms. The molecule has 1 fully saturated rings. The second-order valence-electron chi connectivity index (χ2n) is 6.75. The summed E-state index contributed by atoms with van der Waals surface area (Å²) < 4.78 is 43.9. The van der Waals surface area contributed by atoms with Gasteiger partial charge in [-0.15, -0.1) is 0 Å². The monoisotopic (exact) mass is 404 g/mol. The number of hydrogen-bond acceptors (Lipinski definition) is 5. The lowest BCUT2D eigenvalue weighted by Gasteiger charge is -2.25. The van der Waals surface area contributed by atoms with E-state index >= 15 is 0 Å². The van der Waals surface area contributed by atoms with E-state index in [4.69, 9.17) is 14.2 Å². The Morgan fingerprint density at radius 3 is 2.45 bits per heavy atom. The zero-order chi connectivity index (χ0) is 20.8. The maximum atomic E-state index is 14.2. The average Bonchev–Trinajstić information content (AvgIpc) is 2.74. The SMILES string of the molecule is COC(O)=C1CCC(Oc2cc(C(=O)OCc3ccccc3)c(F)cc2F)CC1. The van der Waals surface area contributed by atoms with E-state index in [0.717, 1.165) is 17.2 Å². The molecular formula is C22H22F2O5. The lowest BCUT2D eigenvalue weighted by Crippen LogP contribution is -2.22. The molecule has 0 spiro atoms. The van der Waals surface area contributed by atoms with Crippen molar-refractivity contribution in [1.82, 2.24) is 0 Å². The number of methoxy groups -OCH3 is 1. The van der Waals surface area contributed by atoms with Gasteiger partial charge in [0.2, 0.25) is 0 Å². The topological polar surface area (TPSA) is 65.0 Å². The fraction of sp³-hybridized carbons (Fsp3) is 0.318. The molecule has 154 valence electrons. The maximum Gasteiger partial charge on any atom is 0.341 e. The number of rotatable bonds is 6. The molecule has 0 heterocycles. The largest absolute Gasteiger partial charge is 0.487 e. The van der Waals surface area contributed by atoms with E-state index in [2.05, 4.69) is 0 Å². The van der Waals surface area contributed by atoms with Crippen LogP contribution in [0.2, 0.25) is 0 Å². The van der Waals surface area contributed by atoms with Gasteiger partial charge in [-0.3, -0.25) is 0 Å². The highest BCUT2D eigenvalue weighted by Gasteiger charge is 2.24. The standard InChI is InChI=1S/C22H22F2O5/c1-27-21(25)15-7-9-16(10-8-15)29-20-11-17(18(23)12-19(20)24)22(26)28-13-14-5-3-2-4-6-14/h2-6,11-12,16,25H,7-10,13H2,1H3. The van der Waals surface area contributed by atoms with Crippen molar-refractivity contribution in [3.63, 3.8) is 0 Å². The van der Waals surface area contributed by atoms with Gasteiger partial charge in [-0.25, -0.2) is 13.6 Å².